The van der Waals surface area contributed by atoms with Crippen LogP contribution in [-0.2, 0) is 6.42 Å². The third-order valence-electron chi connectivity index (χ3n) is 2.79. The second kappa shape index (κ2) is 5.51. The molecule has 1 rings (SSSR count). The number of carbonyl (C=O) groups excluding carboxylic acids is 3. The van der Waals surface area contributed by atoms with Gasteiger partial charge in [-0.05, 0) is 24.1 Å². The fourth-order valence-corrected chi connectivity index (χ4v) is 1.85. The van der Waals surface area contributed by atoms with Crippen molar-refractivity contribution in [2.45, 2.75) is 13.3 Å². The first-order valence-electron chi connectivity index (χ1n) is 5.77. The maximum atomic E-state index is 12.1. The van der Waals surface area contributed by atoms with E-state index in [-0.39, 0.29) is 22.6 Å². The van der Waals surface area contributed by atoms with Gasteiger partial charge in [0.25, 0.3) is 5.91 Å². The van der Waals surface area contributed by atoms with Gasteiger partial charge in [-0.3, -0.25) is 14.4 Å². The van der Waals surface area contributed by atoms with E-state index in [0.717, 1.165) is 0 Å². The summed E-state index contributed by atoms with van der Waals surface area (Å²) in [5, 5.41) is 0. The summed E-state index contributed by atoms with van der Waals surface area (Å²) in [6, 6.07) is 2.73. The minimum Gasteiger partial charge on any atom is -0.366 e. The van der Waals surface area contributed by atoms with Crippen LogP contribution in [0, 0.1) is 0 Å². The molecule has 0 heterocycles. The van der Waals surface area contributed by atoms with Crippen molar-refractivity contribution in [1.82, 2.24) is 4.90 Å². The highest BCUT2D eigenvalue weighted by Crippen LogP contribution is 2.20. The van der Waals surface area contributed by atoms with Crippen LogP contribution in [0.15, 0.2) is 12.1 Å². The lowest BCUT2D eigenvalue weighted by Gasteiger charge is -2.16. The summed E-state index contributed by atoms with van der Waals surface area (Å²) in [7, 11) is 3.17. The Morgan fingerprint density at radius 3 is 1.95 bits per heavy atom. The van der Waals surface area contributed by atoms with Crippen molar-refractivity contribution in [3.63, 3.8) is 0 Å². The Bertz CT molecular complexity index is 550. The van der Waals surface area contributed by atoms with Crippen LogP contribution < -0.4 is 11.5 Å². The van der Waals surface area contributed by atoms with Gasteiger partial charge < -0.3 is 16.4 Å². The minimum atomic E-state index is -0.710. The molecule has 0 aliphatic carbocycles. The van der Waals surface area contributed by atoms with Crippen molar-refractivity contribution in [1.29, 1.82) is 0 Å². The van der Waals surface area contributed by atoms with Gasteiger partial charge in [0.15, 0.2) is 0 Å². The summed E-state index contributed by atoms with van der Waals surface area (Å²) in [5.74, 6) is -1.70. The summed E-state index contributed by atoms with van der Waals surface area (Å²) in [4.78, 5) is 36.2. The third-order valence-corrected chi connectivity index (χ3v) is 2.79. The molecule has 102 valence electrons. The topological polar surface area (TPSA) is 106 Å². The molecule has 0 unspecified atom stereocenters. The van der Waals surface area contributed by atoms with Crippen molar-refractivity contribution < 1.29 is 14.4 Å². The second-order valence-electron chi connectivity index (χ2n) is 4.33. The Morgan fingerprint density at radius 2 is 1.58 bits per heavy atom. The Labute approximate surface area is 111 Å². The van der Waals surface area contributed by atoms with E-state index in [9.17, 15) is 14.4 Å². The lowest BCUT2D eigenvalue weighted by atomic mass is 9.94. The molecule has 1 aromatic carbocycles. The highest BCUT2D eigenvalue weighted by molar-refractivity contribution is 6.05. The molecule has 19 heavy (non-hydrogen) atoms. The van der Waals surface area contributed by atoms with Gasteiger partial charge in [-0.25, -0.2) is 0 Å². The second-order valence-corrected chi connectivity index (χ2v) is 4.33. The molecule has 0 saturated carbocycles. The molecular weight excluding hydrogens is 246 g/mol. The fraction of sp³-hybridized carbons (Fsp3) is 0.308. The predicted molar refractivity (Wildman–Crippen MR) is 70.9 cm³/mol. The molecule has 0 fully saturated rings. The summed E-state index contributed by atoms with van der Waals surface area (Å²) >= 11 is 0. The van der Waals surface area contributed by atoms with Crippen LogP contribution in [0.25, 0.3) is 0 Å². The van der Waals surface area contributed by atoms with Gasteiger partial charge in [0.1, 0.15) is 0 Å². The van der Waals surface area contributed by atoms with E-state index < -0.39 is 11.8 Å². The van der Waals surface area contributed by atoms with Crippen LogP contribution in [0.4, 0.5) is 0 Å². The molecule has 0 saturated heterocycles. The third kappa shape index (κ3) is 2.90. The van der Waals surface area contributed by atoms with Crippen LogP contribution >= 0.6 is 0 Å². The van der Waals surface area contributed by atoms with Gasteiger partial charge in [-0.15, -0.1) is 0 Å². The molecule has 6 nitrogen and oxygen atoms in total. The van der Waals surface area contributed by atoms with E-state index in [2.05, 4.69) is 0 Å². The SMILES string of the molecule is CCc1c(C(N)=O)cc(C(N)=O)cc1C(=O)N(C)C. The smallest absolute Gasteiger partial charge is 0.253 e. The van der Waals surface area contributed by atoms with E-state index in [1.807, 2.05) is 0 Å². The van der Waals surface area contributed by atoms with Crippen molar-refractivity contribution >= 4 is 17.7 Å². The lowest BCUT2D eigenvalue weighted by Crippen LogP contribution is -2.26. The number of rotatable bonds is 4. The van der Waals surface area contributed by atoms with E-state index >= 15 is 0 Å². The number of carbonyl (C=O) groups is 3. The van der Waals surface area contributed by atoms with E-state index in [4.69, 9.17) is 11.5 Å². The molecule has 0 spiro atoms. The normalized spacial score (nSPS) is 10.1. The van der Waals surface area contributed by atoms with E-state index in [1.165, 1.54) is 17.0 Å². The molecule has 0 bridgehead atoms. The minimum absolute atomic E-state index is 0.0937. The van der Waals surface area contributed by atoms with Crippen LogP contribution in [0.3, 0.4) is 0 Å². The lowest BCUT2D eigenvalue weighted by molar-refractivity contribution is 0.0826. The van der Waals surface area contributed by atoms with Gasteiger partial charge >= 0.3 is 0 Å². The number of nitrogens with zero attached hydrogens (tertiary/aromatic N) is 1. The molecule has 0 aliphatic rings. The van der Waals surface area contributed by atoms with Crippen molar-refractivity contribution in [2.24, 2.45) is 11.5 Å². The first-order valence-corrected chi connectivity index (χ1v) is 5.77. The summed E-state index contributed by atoms with van der Waals surface area (Å²) in [6.07, 6.45) is 0.451. The number of amides is 3. The van der Waals surface area contributed by atoms with E-state index in [0.29, 0.717) is 12.0 Å². The first kappa shape index (κ1) is 14.7. The van der Waals surface area contributed by atoms with Crippen LogP contribution in [0.2, 0.25) is 0 Å². The van der Waals surface area contributed by atoms with E-state index in [1.54, 1.807) is 21.0 Å². The van der Waals surface area contributed by atoms with Gasteiger partial charge in [-0.1, -0.05) is 6.92 Å². The zero-order valence-electron chi connectivity index (χ0n) is 11.2. The average molecular weight is 263 g/mol. The van der Waals surface area contributed by atoms with Gasteiger partial charge in [0.2, 0.25) is 11.8 Å². The summed E-state index contributed by atoms with van der Waals surface area (Å²) < 4.78 is 0. The number of primary amides is 2. The predicted octanol–water partition coefficient (Wildman–Crippen LogP) is 0.149. The fourth-order valence-electron chi connectivity index (χ4n) is 1.85. The molecule has 3 amide bonds. The van der Waals surface area contributed by atoms with Gasteiger partial charge in [-0.2, -0.15) is 0 Å². The summed E-state index contributed by atoms with van der Waals surface area (Å²) in [5.41, 5.74) is 11.5. The Kier molecular flexibility index (Phi) is 4.26. The molecule has 4 N–H and O–H groups in total. The maximum absolute atomic E-state index is 12.1. The molecule has 0 aromatic heterocycles. The van der Waals surface area contributed by atoms with Crippen molar-refractivity contribution in [3.8, 4) is 0 Å². The van der Waals surface area contributed by atoms with Gasteiger partial charge in [0.05, 0.1) is 0 Å². The Morgan fingerprint density at radius 1 is 1.05 bits per heavy atom. The Balaban J connectivity index is 3.63. The van der Waals surface area contributed by atoms with Crippen LogP contribution in [-0.4, -0.2) is 36.7 Å². The van der Waals surface area contributed by atoms with Crippen molar-refractivity contribution in [3.05, 3.63) is 34.4 Å². The molecule has 0 atom stereocenters. The monoisotopic (exact) mass is 263 g/mol. The molecule has 0 aliphatic heterocycles. The standard InChI is InChI=1S/C13H17N3O3/c1-4-8-9(12(15)18)5-7(11(14)17)6-10(8)13(19)16(2)3/h5-6H,4H2,1-3H3,(H2,14,17)(H2,15,18). The average Bonchev–Trinajstić information content (AvgIpc) is 2.35. The largest absolute Gasteiger partial charge is 0.366 e. The van der Waals surface area contributed by atoms with Crippen LogP contribution in [0.1, 0.15) is 43.6 Å². The van der Waals surface area contributed by atoms with Crippen LogP contribution in [0.5, 0.6) is 0 Å². The zero-order valence-corrected chi connectivity index (χ0v) is 11.2. The number of benzene rings is 1. The number of hydrogen-bond donors (Lipinski definition) is 2. The zero-order chi connectivity index (χ0) is 14.7. The summed E-state index contributed by atoms with van der Waals surface area (Å²) in [6.45, 7) is 1.80. The number of nitrogens with two attached hydrogens (primary N) is 2. The molecule has 0 radical (unpaired) electrons. The van der Waals surface area contributed by atoms with Gasteiger partial charge in [0, 0.05) is 30.8 Å². The first-order chi connectivity index (χ1) is 8.79. The Hall–Kier alpha value is -2.37. The maximum Gasteiger partial charge on any atom is 0.253 e. The number of hydrogen-bond acceptors (Lipinski definition) is 3. The highest BCUT2D eigenvalue weighted by atomic mass is 16.2. The molecular formula is C13H17N3O3. The molecule has 1 aromatic rings. The quantitative estimate of drug-likeness (QED) is 0.807. The van der Waals surface area contributed by atoms with Crippen molar-refractivity contribution in [2.75, 3.05) is 14.1 Å². The molecule has 6 heteroatoms. The highest BCUT2D eigenvalue weighted by Gasteiger charge is 2.20.